The first-order valence-corrected chi connectivity index (χ1v) is 9.84. The summed E-state index contributed by atoms with van der Waals surface area (Å²) in [5.74, 6) is 0.0421. The first kappa shape index (κ1) is 18.9. The third-order valence-electron chi connectivity index (χ3n) is 5.48. The van der Waals surface area contributed by atoms with Crippen molar-refractivity contribution in [2.45, 2.75) is 45.3 Å². The van der Waals surface area contributed by atoms with E-state index in [-0.39, 0.29) is 17.6 Å². The number of pyridine rings is 1. The molecule has 1 atom stereocenters. The van der Waals surface area contributed by atoms with Gasteiger partial charge in [0.15, 0.2) is 0 Å². The van der Waals surface area contributed by atoms with Gasteiger partial charge in [-0.2, -0.15) is 0 Å². The number of anilines is 1. The third kappa shape index (κ3) is 3.88. The molecule has 6 nitrogen and oxygen atoms in total. The summed E-state index contributed by atoms with van der Waals surface area (Å²) in [7, 11) is 1.77. The Labute approximate surface area is 164 Å². The van der Waals surface area contributed by atoms with Gasteiger partial charge in [-0.15, -0.1) is 0 Å². The first-order valence-electron chi connectivity index (χ1n) is 9.84. The molecule has 1 amide bonds. The highest BCUT2D eigenvalue weighted by Gasteiger charge is 2.21. The molecule has 0 bridgehead atoms. The van der Waals surface area contributed by atoms with Crippen molar-refractivity contribution in [3.05, 3.63) is 51.4 Å². The van der Waals surface area contributed by atoms with Crippen LogP contribution in [0.4, 0.5) is 5.69 Å². The number of aromatic nitrogens is 1. The van der Waals surface area contributed by atoms with Gasteiger partial charge in [0.05, 0.1) is 19.3 Å². The van der Waals surface area contributed by atoms with Crippen LogP contribution in [0.2, 0.25) is 0 Å². The minimum Gasteiger partial charge on any atom is -0.379 e. The second-order valence-corrected chi connectivity index (χ2v) is 7.70. The first-order chi connectivity index (χ1) is 13.5. The van der Waals surface area contributed by atoms with Crippen LogP contribution in [0.15, 0.2) is 29.2 Å². The smallest absolute Gasteiger partial charge is 0.253 e. The van der Waals surface area contributed by atoms with E-state index < -0.39 is 0 Å². The zero-order valence-corrected chi connectivity index (χ0v) is 16.4. The Morgan fingerprint density at radius 2 is 2.07 bits per heavy atom. The number of hydrogen-bond acceptors (Lipinski definition) is 4. The maximum absolute atomic E-state index is 12.0. The highest BCUT2D eigenvalue weighted by Crippen LogP contribution is 2.33. The standard InChI is InChI=1S/C22H26N2O4/c1-14-8-17(11-24(2)22(14)26)16-9-15-5-6-20(25)23-21(15)18(10-16)12-28-19-4-3-7-27-13-19/h8-11,19H,3-7,12-13H2,1-2H3,(H,23,25). The zero-order valence-electron chi connectivity index (χ0n) is 16.4. The molecule has 6 heteroatoms. The Morgan fingerprint density at radius 3 is 2.82 bits per heavy atom. The number of benzene rings is 1. The molecule has 148 valence electrons. The molecule has 0 spiro atoms. The van der Waals surface area contributed by atoms with Crippen molar-refractivity contribution in [3.8, 4) is 11.1 Å². The van der Waals surface area contributed by atoms with Crippen molar-refractivity contribution in [3.63, 3.8) is 0 Å². The van der Waals surface area contributed by atoms with Gasteiger partial charge in [-0.3, -0.25) is 9.59 Å². The quantitative estimate of drug-likeness (QED) is 0.883. The van der Waals surface area contributed by atoms with E-state index in [0.717, 1.165) is 47.4 Å². The average molecular weight is 382 g/mol. The number of ether oxygens (including phenoxy) is 2. The normalized spacial score (nSPS) is 19.2. The van der Waals surface area contributed by atoms with Gasteiger partial charge < -0.3 is 19.4 Å². The summed E-state index contributed by atoms with van der Waals surface area (Å²) < 4.78 is 13.2. The van der Waals surface area contributed by atoms with Crippen molar-refractivity contribution in [2.75, 3.05) is 18.5 Å². The Morgan fingerprint density at radius 1 is 1.21 bits per heavy atom. The minimum atomic E-state index is 0.00910. The van der Waals surface area contributed by atoms with E-state index in [1.54, 1.807) is 11.6 Å². The lowest BCUT2D eigenvalue weighted by molar-refractivity contribution is -0.116. The zero-order chi connectivity index (χ0) is 19.7. The van der Waals surface area contributed by atoms with Gasteiger partial charge in [-0.1, -0.05) is 0 Å². The number of fused-ring (bicyclic) bond motifs is 1. The predicted molar refractivity (Wildman–Crippen MR) is 107 cm³/mol. The van der Waals surface area contributed by atoms with E-state index >= 15 is 0 Å². The van der Waals surface area contributed by atoms with E-state index in [1.165, 1.54) is 0 Å². The molecule has 1 aromatic heterocycles. The van der Waals surface area contributed by atoms with Crippen LogP contribution in [0.5, 0.6) is 0 Å². The third-order valence-corrected chi connectivity index (χ3v) is 5.48. The van der Waals surface area contributed by atoms with Crippen molar-refractivity contribution in [1.29, 1.82) is 0 Å². The lowest BCUT2D eigenvalue weighted by atomic mass is 9.93. The maximum Gasteiger partial charge on any atom is 0.253 e. The fourth-order valence-electron chi connectivity index (χ4n) is 3.94. The summed E-state index contributed by atoms with van der Waals surface area (Å²) in [6.45, 7) is 3.67. The molecule has 2 aliphatic heterocycles. The summed E-state index contributed by atoms with van der Waals surface area (Å²) in [5.41, 5.74) is 5.70. The second kappa shape index (κ2) is 7.89. The maximum atomic E-state index is 12.0. The lowest BCUT2D eigenvalue weighted by Gasteiger charge is -2.25. The van der Waals surface area contributed by atoms with E-state index in [4.69, 9.17) is 9.47 Å². The molecule has 1 saturated heterocycles. The number of amides is 1. The van der Waals surface area contributed by atoms with Crippen LogP contribution in [0, 0.1) is 6.92 Å². The number of hydrogen-bond donors (Lipinski definition) is 1. The molecule has 0 aliphatic carbocycles. The number of carbonyl (C=O) groups is 1. The Hall–Kier alpha value is -2.44. The molecule has 0 saturated carbocycles. The Kier molecular flexibility index (Phi) is 5.33. The summed E-state index contributed by atoms with van der Waals surface area (Å²) in [4.78, 5) is 24.0. The lowest BCUT2D eigenvalue weighted by Crippen LogP contribution is -2.26. The van der Waals surface area contributed by atoms with Crippen LogP contribution in [0.1, 0.15) is 36.0 Å². The largest absolute Gasteiger partial charge is 0.379 e. The van der Waals surface area contributed by atoms with E-state index in [1.807, 2.05) is 19.2 Å². The topological polar surface area (TPSA) is 69.6 Å². The highest BCUT2D eigenvalue weighted by molar-refractivity contribution is 5.95. The van der Waals surface area contributed by atoms with Gasteiger partial charge >= 0.3 is 0 Å². The number of rotatable bonds is 4. The number of nitrogens with zero attached hydrogens (tertiary/aromatic N) is 1. The predicted octanol–water partition coefficient (Wildman–Crippen LogP) is 2.94. The molecule has 4 rings (SSSR count). The van der Waals surface area contributed by atoms with Gasteiger partial charge in [0.2, 0.25) is 5.91 Å². The summed E-state index contributed by atoms with van der Waals surface area (Å²) in [5, 5.41) is 3.02. The van der Waals surface area contributed by atoms with Crippen LogP contribution in [-0.2, 0) is 34.3 Å². The molecule has 28 heavy (non-hydrogen) atoms. The molecule has 3 heterocycles. The highest BCUT2D eigenvalue weighted by atomic mass is 16.5. The van der Waals surface area contributed by atoms with Gasteiger partial charge in [-0.25, -0.2) is 0 Å². The molecule has 1 N–H and O–H groups in total. The van der Waals surface area contributed by atoms with Crippen LogP contribution in [-0.4, -0.2) is 29.8 Å². The van der Waals surface area contributed by atoms with E-state index in [9.17, 15) is 9.59 Å². The number of nitrogens with one attached hydrogen (secondary N) is 1. The molecule has 1 aromatic carbocycles. The fourth-order valence-corrected chi connectivity index (χ4v) is 3.94. The van der Waals surface area contributed by atoms with E-state index in [0.29, 0.717) is 31.6 Å². The molecular weight excluding hydrogens is 356 g/mol. The van der Waals surface area contributed by atoms with Crippen molar-refractivity contribution in [2.24, 2.45) is 7.05 Å². The van der Waals surface area contributed by atoms with Gasteiger partial charge in [0, 0.05) is 43.1 Å². The average Bonchev–Trinajstić information content (AvgIpc) is 2.70. The Balaban J connectivity index is 1.70. The minimum absolute atomic E-state index is 0.00910. The van der Waals surface area contributed by atoms with Gasteiger partial charge in [0.25, 0.3) is 5.56 Å². The van der Waals surface area contributed by atoms with Crippen LogP contribution >= 0.6 is 0 Å². The van der Waals surface area contributed by atoms with Gasteiger partial charge in [0.1, 0.15) is 0 Å². The summed E-state index contributed by atoms with van der Waals surface area (Å²) in [6, 6.07) is 6.10. The molecule has 1 fully saturated rings. The van der Waals surface area contributed by atoms with Crippen LogP contribution in [0.3, 0.4) is 0 Å². The van der Waals surface area contributed by atoms with Crippen LogP contribution in [0.25, 0.3) is 11.1 Å². The number of aryl methyl sites for hydroxylation is 3. The van der Waals surface area contributed by atoms with Crippen molar-refractivity contribution >= 4 is 11.6 Å². The SMILES string of the molecule is Cc1cc(-c2cc3c(c(COC4CCCOC4)c2)NC(=O)CC3)cn(C)c1=O. The molecular formula is C22H26N2O4. The molecule has 1 unspecified atom stereocenters. The fraction of sp³-hybridized carbons (Fsp3) is 0.455. The van der Waals surface area contributed by atoms with Gasteiger partial charge in [-0.05, 0) is 61.1 Å². The monoisotopic (exact) mass is 382 g/mol. The Bertz CT molecular complexity index is 931. The van der Waals surface area contributed by atoms with Crippen molar-refractivity contribution < 1.29 is 14.3 Å². The van der Waals surface area contributed by atoms with Crippen molar-refractivity contribution in [1.82, 2.24) is 4.57 Å². The summed E-state index contributed by atoms with van der Waals surface area (Å²) >= 11 is 0. The molecule has 2 aliphatic rings. The van der Waals surface area contributed by atoms with Crippen LogP contribution < -0.4 is 10.9 Å². The number of carbonyl (C=O) groups excluding carboxylic acids is 1. The molecule has 2 aromatic rings. The summed E-state index contributed by atoms with van der Waals surface area (Å²) in [6.07, 6.45) is 5.15. The van der Waals surface area contributed by atoms with E-state index in [2.05, 4.69) is 17.4 Å². The molecule has 0 radical (unpaired) electrons. The second-order valence-electron chi connectivity index (χ2n) is 7.70.